The Bertz CT molecular complexity index is 811. The zero-order valence-corrected chi connectivity index (χ0v) is 13.9. The molecule has 1 amide bonds. The summed E-state index contributed by atoms with van der Waals surface area (Å²) in [7, 11) is 0. The summed E-state index contributed by atoms with van der Waals surface area (Å²) in [5.74, 6) is -0.125. The third-order valence-electron chi connectivity index (χ3n) is 3.35. The van der Waals surface area contributed by atoms with Crippen LogP contribution in [-0.4, -0.2) is 12.5 Å². The molecule has 2 nitrogen and oxygen atoms in total. The van der Waals surface area contributed by atoms with Crippen molar-refractivity contribution >= 4 is 50.5 Å². The van der Waals surface area contributed by atoms with Crippen molar-refractivity contribution < 1.29 is 4.79 Å². The van der Waals surface area contributed by atoms with Gasteiger partial charge in [0.2, 0.25) is 0 Å². The number of thiophene rings is 1. The predicted octanol–water partition coefficient (Wildman–Crippen LogP) is 5.18. The zero-order chi connectivity index (χ0) is 15.5. The number of fused-ring (bicyclic) bond motifs is 1. The van der Waals surface area contributed by atoms with E-state index in [4.69, 9.17) is 23.2 Å². The summed E-state index contributed by atoms with van der Waals surface area (Å²) in [6.07, 6.45) is 0.755. The van der Waals surface area contributed by atoms with Gasteiger partial charge in [0.15, 0.2) is 0 Å². The molecule has 0 fully saturated rings. The first-order valence-electron chi connectivity index (χ1n) is 6.85. The second kappa shape index (κ2) is 6.69. The Morgan fingerprint density at radius 1 is 1.05 bits per heavy atom. The first-order valence-corrected chi connectivity index (χ1v) is 8.42. The molecule has 1 heterocycles. The summed E-state index contributed by atoms with van der Waals surface area (Å²) in [6.45, 7) is 0.561. The van der Waals surface area contributed by atoms with Gasteiger partial charge in [-0.3, -0.25) is 4.79 Å². The van der Waals surface area contributed by atoms with Crippen LogP contribution in [-0.2, 0) is 6.42 Å². The summed E-state index contributed by atoms with van der Waals surface area (Å²) in [6, 6.07) is 15.4. The van der Waals surface area contributed by atoms with E-state index < -0.39 is 0 Å². The van der Waals surface area contributed by atoms with E-state index in [1.807, 2.05) is 48.5 Å². The fourth-order valence-corrected chi connectivity index (χ4v) is 3.77. The molecule has 0 radical (unpaired) electrons. The van der Waals surface area contributed by atoms with Gasteiger partial charge >= 0.3 is 0 Å². The van der Waals surface area contributed by atoms with Gasteiger partial charge in [-0.25, -0.2) is 0 Å². The summed E-state index contributed by atoms with van der Waals surface area (Å²) in [5.41, 5.74) is 1.13. The van der Waals surface area contributed by atoms with Crippen molar-refractivity contribution in [3.05, 3.63) is 69.0 Å². The van der Waals surface area contributed by atoms with E-state index in [0.29, 0.717) is 21.5 Å². The minimum Gasteiger partial charge on any atom is -0.351 e. The molecule has 0 unspecified atom stereocenters. The number of benzene rings is 2. The smallest absolute Gasteiger partial charge is 0.262 e. The summed E-state index contributed by atoms with van der Waals surface area (Å²) < 4.78 is 1.02. The summed E-state index contributed by atoms with van der Waals surface area (Å²) in [4.78, 5) is 12.8. The van der Waals surface area contributed by atoms with Gasteiger partial charge in [-0.15, -0.1) is 11.3 Å². The molecule has 2 aromatic carbocycles. The van der Waals surface area contributed by atoms with E-state index in [1.54, 1.807) is 0 Å². The van der Waals surface area contributed by atoms with Crippen LogP contribution < -0.4 is 5.32 Å². The largest absolute Gasteiger partial charge is 0.351 e. The molecule has 0 saturated heterocycles. The van der Waals surface area contributed by atoms with Crippen LogP contribution in [0.5, 0.6) is 0 Å². The van der Waals surface area contributed by atoms with Crippen molar-refractivity contribution in [1.29, 1.82) is 0 Å². The molecule has 1 aromatic heterocycles. The number of nitrogens with one attached hydrogen (secondary N) is 1. The molecule has 0 saturated carbocycles. The van der Waals surface area contributed by atoms with Gasteiger partial charge in [-0.05, 0) is 30.2 Å². The average molecular weight is 350 g/mol. The standard InChI is InChI=1S/C17H13Cl2NOS/c18-12-7-5-11(6-8-12)9-10-20-17(21)16-15(19)13-3-1-2-4-14(13)22-16/h1-8H,9-10H2,(H,20,21). The predicted molar refractivity (Wildman–Crippen MR) is 94.3 cm³/mol. The number of hydrogen-bond acceptors (Lipinski definition) is 2. The maximum Gasteiger partial charge on any atom is 0.262 e. The Kier molecular flexibility index (Phi) is 4.67. The van der Waals surface area contributed by atoms with Crippen LogP contribution >= 0.6 is 34.5 Å². The third-order valence-corrected chi connectivity index (χ3v) is 5.28. The topological polar surface area (TPSA) is 29.1 Å². The SMILES string of the molecule is O=C(NCCc1ccc(Cl)cc1)c1sc2ccccc2c1Cl. The monoisotopic (exact) mass is 349 g/mol. The van der Waals surface area contributed by atoms with E-state index in [2.05, 4.69) is 5.32 Å². The number of carbonyl (C=O) groups excluding carboxylic acids is 1. The van der Waals surface area contributed by atoms with Crippen LogP contribution in [0.1, 0.15) is 15.2 Å². The van der Waals surface area contributed by atoms with Crippen molar-refractivity contribution in [3.8, 4) is 0 Å². The average Bonchev–Trinajstić information content (AvgIpc) is 2.87. The number of rotatable bonds is 4. The van der Waals surface area contributed by atoms with Gasteiger partial charge < -0.3 is 5.32 Å². The highest BCUT2D eigenvalue weighted by Gasteiger charge is 2.16. The molecular weight excluding hydrogens is 337 g/mol. The molecule has 3 rings (SSSR count). The first-order chi connectivity index (χ1) is 10.6. The second-order valence-corrected chi connectivity index (χ2v) is 6.74. The van der Waals surface area contributed by atoms with Crippen molar-refractivity contribution in [2.45, 2.75) is 6.42 Å². The molecule has 1 N–H and O–H groups in total. The second-order valence-electron chi connectivity index (χ2n) is 4.87. The molecule has 0 spiro atoms. The minimum absolute atomic E-state index is 0.125. The van der Waals surface area contributed by atoms with Crippen LogP contribution in [0, 0.1) is 0 Å². The van der Waals surface area contributed by atoms with E-state index in [9.17, 15) is 4.79 Å². The Morgan fingerprint density at radius 2 is 1.77 bits per heavy atom. The summed E-state index contributed by atoms with van der Waals surface area (Å²) in [5, 5.41) is 5.09. The van der Waals surface area contributed by atoms with Crippen molar-refractivity contribution in [2.75, 3.05) is 6.54 Å². The van der Waals surface area contributed by atoms with Crippen LogP contribution in [0.3, 0.4) is 0 Å². The summed E-state index contributed by atoms with van der Waals surface area (Å²) >= 11 is 13.6. The molecule has 0 bridgehead atoms. The molecular formula is C17H13Cl2NOS. The minimum atomic E-state index is -0.125. The van der Waals surface area contributed by atoms with Crippen LogP contribution in [0.2, 0.25) is 10.0 Å². The number of carbonyl (C=O) groups is 1. The highest BCUT2D eigenvalue weighted by atomic mass is 35.5. The lowest BCUT2D eigenvalue weighted by atomic mass is 10.1. The van der Waals surface area contributed by atoms with Gasteiger partial charge in [-0.2, -0.15) is 0 Å². The Hall–Kier alpha value is -1.55. The van der Waals surface area contributed by atoms with Gasteiger partial charge in [0.1, 0.15) is 4.88 Å². The Balaban J connectivity index is 1.66. The fraction of sp³-hybridized carbons (Fsp3) is 0.118. The van der Waals surface area contributed by atoms with E-state index in [-0.39, 0.29) is 5.91 Å². The molecule has 0 aliphatic heterocycles. The van der Waals surface area contributed by atoms with E-state index in [0.717, 1.165) is 22.1 Å². The van der Waals surface area contributed by atoms with Crippen LogP contribution in [0.4, 0.5) is 0 Å². The first kappa shape index (κ1) is 15.3. The normalized spacial score (nSPS) is 10.8. The lowest BCUT2D eigenvalue weighted by molar-refractivity contribution is 0.0958. The highest BCUT2D eigenvalue weighted by molar-refractivity contribution is 7.21. The van der Waals surface area contributed by atoms with Crippen LogP contribution in [0.15, 0.2) is 48.5 Å². The quantitative estimate of drug-likeness (QED) is 0.690. The molecule has 3 aromatic rings. The lowest BCUT2D eigenvalue weighted by Gasteiger charge is -2.04. The molecule has 0 atom stereocenters. The highest BCUT2D eigenvalue weighted by Crippen LogP contribution is 2.34. The van der Waals surface area contributed by atoms with E-state index >= 15 is 0 Å². The molecule has 5 heteroatoms. The maximum absolute atomic E-state index is 12.3. The van der Waals surface area contributed by atoms with Gasteiger partial charge in [0, 0.05) is 21.7 Å². The number of halogens is 2. The lowest BCUT2D eigenvalue weighted by Crippen LogP contribution is -2.25. The third kappa shape index (κ3) is 3.27. The van der Waals surface area contributed by atoms with Crippen LogP contribution in [0.25, 0.3) is 10.1 Å². The molecule has 0 aliphatic rings. The van der Waals surface area contributed by atoms with E-state index in [1.165, 1.54) is 11.3 Å². The van der Waals surface area contributed by atoms with Gasteiger partial charge in [0.25, 0.3) is 5.91 Å². The van der Waals surface area contributed by atoms with Crippen molar-refractivity contribution in [3.63, 3.8) is 0 Å². The van der Waals surface area contributed by atoms with Crippen molar-refractivity contribution in [2.24, 2.45) is 0 Å². The van der Waals surface area contributed by atoms with Gasteiger partial charge in [-0.1, -0.05) is 53.5 Å². The Labute approximate surface area is 142 Å². The maximum atomic E-state index is 12.3. The Morgan fingerprint density at radius 3 is 2.50 bits per heavy atom. The van der Waals surface area contributed by atoms with Crippen molar-refractivity contribution in [1.82, 2.24) is 5.32 Å². The van der Waals surface area contributed by atoms with Gasteiger partial charge in [0.05, 0.1) is 5.02 Å². The molecule has 0 aliphatic carbocycles. The molecule has 22 heavy (non-hydrogen) atoms. The number of hydrogen-bond donors (Lipinski definition) is 1. The number of amides is 1. The zero-order valence-electron chi connectivity index (χ0n) is 11.6. The molecule has 112 valence electrons. The fourth-order valence-electron chi connectivity index (χ4n) is 2.21.